The zero-order valence-corrected chi connectivity index (χ0v) is 15.5. The van der Waals surface area contributed by atoms with Crippen LogP contribution in [0.15, 0.2) is 41.9 Å². The normalized spacial score (nSPS) is 10.4. The molecule has 3 aromatic rings. The fourth-order valence-electron chi connectivity index (χ4n) is 2.50. The zero-order valence-electron chi connectivity index (χ0n) is 14.7. The molecule has 138 valence electrons. The lowest BCUT2D eigenvalue weighted by atomic mass is 10.1. The molecule has 1 amide bonds. The van der Waals surface area contributed by atoms with E-state index in [9.17, 15) is 9.59 Å². The number of thiazole rings is 1. The summed E-state index contributed by atoms with van der Waals surface area (Å²) >= 11 is 1.26. The molecular weight excluding hydrogens is 366 g/mol. The van der Waals surface area contributed by atoms with Crippen LogP contribution in [0.2, 0.25) is 0 Å². The number of aromatic nitrogens is 3. The number of para-hydroxylation sites is 1. The third-order valence-electron chi connectivity index (χ3n) is 3.73. The Morgan fingerprint density at radius 3 is 2.67 bits per heavy atom. The maximum atomic E-state index is 12.8. The van der Waals surface area contributed by atoms with Gasteiger partial charge in [-0.1, -0.05) is 18.2 Å². The summed E-state index contributed by atoms with van der Waals surface area (Å²) in [4.78, 5) is 29.2. The van der Waals surface area contributed by atoms with Crippen LogP contribution in [0.5, 0.6) is 0 Å². The predicted octanol–water partition coefficient (Wildman–Crippen LogP) is 2.55. The smallest absolute Gasteiger partial charge is 0.359 e. The topological polar surface area (TPSA) is 110 Å². The molecule has 2 heterocycles. The number of nitrogens with zero attached hydrogens (tertiary/aromatic N) is 3. The summed E-state index contributed by atoms with van der Waals surface area (Å²) in [5.74, 6) is -1.19. The van der Waals surface area contributed by atoms with Gasteiger partial charge < -0.3 is 4.74 Å². The Labute approximate surface area is 159 Å². The van der Waals surface area contributed by atoms with E-state index in [1.165, 1.54) is 16.0 Å². The monoisotopic (exact) mass is 383 g/mol. The lowest BCUT2D eigenvalue weighted by Gasteiger charge is -2.14. The van der Waals surface area contributed by atoms with Crippen molar-refractivity contribution in [2.24, 2.45) is 0 Å². The van der Waals surface area contributed by atoms with E-state index >= 15 is 0 Å². The Bertz CT molecular complexity index is 1030. The summed E-state index contributed by atoms with van der Waals surface area (Å²) in [7, 11) is 0. The van der Waals surface area contributed by atoms with Crippen LogP contribution in [-0.4, -0.2) is 33.2 Å². The quantitative estimate of drug-likeness (QED) is 0.658. The first-order valence-electron chi connectivity index (χ1n) is 8.14. The van der Waals surface area contributed by atoms with Crippen LogP contribution in [0.25, 0.3) is 5.69 Å². The maximum Gasteiger partial charge on any atom is 0.359 e. The van der Waals surface area contributed by atoms with Crippen LogP contribution in [0.4, 0.5) is 5.13 Å². The first kappa shape index (κ1) is 18.5. The van der Waals surface area contributed by atoms with Crippen molar-refractivity contribution in [2.45, 2.75) is 13.8 Å². The molecule has 0 radical (unpaired) electrons. The van der Waals surface area contributed by atoms with Gasteiger partial charge in [0.1, 0.15) is 0 Å². The highest BCUT2D eigenvalue weighted by Crippen LogP contribution is 2.16. The van der Waals surface area contributed by atoms with Crippen LogP contribution < -0.4 is 10.8 Å². The Morgan fingerprint density at radius 2 is 2.04 bits per heavy atom. The second-order valence-corrected chi connectivity index (χ2v) is 6.35. The second-order valence-electron chi connectivity index (χ2n) is 5.46. The van der Waals surface area contributed by atoms with E-state index in [2.05, 4.69) is 15.4 Å². The highest BCUT2D eigenvalue weighted by molar-refractivity contribution is 7.13. The van der Waals surface area contributed by atoms with Crippen LogP contribution in [-0.2, 0) is 4.74 Å². The van der Waals surface area contributed by atoms with Gasteiger partial charge in [0.2, 0.25) is 0 Å². The highest BCUT2D eigenvalue weighted by Gasteiger charge is 2.24. The molecular formula is C18H17N5O3S. The number of benzene rings is 1. The molecule has 0 saturated heterocycles. The van der Waals surface area contributed by atoms with E-state index in [0.29, 0.717) is 10.8 Å². The number of carbonyl (C=O) groups excluding carboxylic acids is 2. The van der Waals surface area contributed by atoms with Crippen molar-refractivity contribution < 1.29 is 14.3 Å². The van der Waals surface area contributed by atoms with E-state index in [-0.39, 0.29) is 28.9 Å². The fraction of sp³-hybridized carbons (Fsp3) is 0.167. The number of hydrogen-bond donors (Lipinski definition) is 2. The molecule has 0 spiro atoms. The fourth-order valence-corrected chi connectivity index (χ4v) is 3.02. The number of rotatable bonds is 5. The molecule has 0 bridgehead atoms. The molecule has 1 aromatic carbocycles. The largest absolute Gasteiger partial charge is 0.461 e. The van der Waals surface area contributed by atoms with E-state index in [0.717, 1.165) is 0 Å². The average Bonchev–Trinajstić information content (AvgIpc) is 3.16. The molecule has 0 aliphatic rings. The van der Waals surface area contributed by atoms with Crippen molar-refractivity contribution in [1.29, 1.82) is 5.41 Å². The summed E-state index contributed by atoms with van der Waals surface area (Å²) in [6.07, 6.45) is 1.56. The van der Waals surface area contributed by atoms with Gasteiger partial charge in [-0.2, -0.15) is 5.10 Å². The number of nitrogens with one attached hydrogen (secondary N) is 2. The molecule has 0 atom stereocenters. The van der Waals surface area contributed by atoms with Gasteiger partial charge in [0.25, 0.3) is 5.91 Å². The zero-order chi connectivity index (χ0) is 19.4. The van der Waals surface area contributed by atoms with Crippen molar-refractivity contribution >= 4 is 28.3 Å². The van der Waals surface area contributed by atoms with Crippen LogP contribution in [0.1, 0.15) is 33.3 Å². The van der Waals surface area contributed by atoms with Crippen molar-refractivity contribution in [2.75, 3.05) is 11.9 Å². The summed E-state index contributed by atoms with van der Waals surface area (Å²) in [5.41, 5.74) is 0.713. The first-order chi connectivity index (χ1) is 13.0. The standard InChI is InChI=1S/C18H17N5O3S/c1-3-26-17(25)14-11(2)13(16(24)21-18-20-9-10-27-18)15(19)23(22-14)12-7-5-4-6-8-12/h4-10,19H,3H2,1-2H3,(H,20,21,24). The van der Waals surface area contributed by atoms with Crippen LogP contribution in [0, 0.1) is 12.3 Å². The summed E-state index contributed by atoms with van der Waals surface area (Å²) < 4.78 is 6.31. The number of amides is 1. The minimum Gasteiger partial charge on any atom is -0.461 e. The van der Waals surface area contributed by atoms with Gasteiger partial charge in [0.05, 0.1) is 17.9 Å². The molecule has 27 heavy (non-hydrogen) atoms. The van der Waals surface area contributed by atoms with E-state index in [1.54, 1.807) is 49.7 Å². The minimum atomic E-state index is -0.650. The number of ether oxygens (including phenoxy) is 1. The third-order valence-corrected chi connectivity index (χ3v) is 4.42. The lowest BCUT2D eigenvalue weighted by Crippen LogP contribution is -2.34. The molecule has 8 nitrogen and oxygen atoms in total. The van der Waals surface area contributed by atoms with Gasteiger partial charge in [-0.25, -0.2) is 14.5 Å². The Balaban J connectivity index is 2.18. The molecule has 0 unspecified atom stereocenters. The molecule has 0 fully saturated rings. The summed E-state index contributed by atoms with van der Waals surface area (Å²) in [6, 6.07) is 8.85. The molecule has 2 N–H and O–H groups in total. The van der Waals surface area contributed by atoms with Gasteiger partial charge in [-0.05, 0) is 26.0 Å². The van der Waals surface area contributed by atoms with Crippen molar-refractivity contribution in [1.82, 2.24) is 14.8 Å². The van der Waals surface area contributed by atoms with Gasteiger partial charge in [-0.15, -0.1) is 11.3 Å². The number of hydrogen-bond acceptors (Lipinski definition) is 7. The number of esters is 1. The number of carbonyl (C=O) groups is 2. The van der Waals surface area contributed by atoms with Gasteiger partial charge in [0, 0.05) is 17.1 Å². The summed E-state index contributed by atoms with van der Waals surface area (Å²) in [6.45, 7) is 3.44. The van der Waals surface area contributed by atoms with Crippen molar-refractivity contribution in [3.8, 4) is 5.69 Å². The molecule has 0 aliphatic carbocycles. The SMILES string of the molecule is CCOC(=O)c1nn(-c2ccccc2)c(=N)c(C(=O)Nc2nccs2)c1C. The van der Waals surface area contributed by atoms with Crippen LogP contribution in [0.3, 0.4) is 0 Å². The van der Waals surface area contributed by atoms with E-state index < -0.39 is 11.9 Å². The second kappa shape index (κ2) is 7.92. The van der Waals surface area contributed by atoms with E-state index in [4.69, 9.17) is 10.1 Å². The minimum absolute atomic E-state index is 0.0130. The maximum absolute atomic E-state index is 12.8. The number of anilines is 1. The molecule has 3 rings (SSSR count). The molecule has 2 aromatic heterocycles. The van der Waals surface area contributed by atoms with Crippen molar-refractivity contribution in [3.63, 3.8) is 0 Å². The first-order valence-corrected chi connectivity index (χ1v) is 9.02. The Kier molecular flexibility index (Phi) is 5.41. The predicted molar refractivity (Wildman–Crippen MR) is 100 cm³/mol. The lowest BCUT2D eigenvalue weighted by molar-refractivity contribution is 0.0516. The van der Waals surface area contributed by atoms with Gasteiger partial charge in [-0.3, -0.25) is 15.5 Å². The molecule has 9 heteroatoms. The van der Waals surface area contributed by atoms with Crippen molar-refractivity contribution in [3.05, 3.63) is 64.2 Å². The molecule has 0 saturated carbocycles. The van der Waals surface area contributed by atoms with Gasteiger partial charge >= 0.3 is 5.97 Å². The van der Waals surface area contributed by atoms with Crippen LogP contribution >= 0.6 is 11.3 Å². The van der Waals surface area contributed by atoms with E-state index in [1.807, 2.05) is 6.07 Å². The Morgan fingerprint density at radius 1 is 1.30 bits per heavy atom. The Hall–Kier alpha value is -3.33. The highest BCUT2D eigenvalue weighted by atomic mass is 32.1. The average molecular weight is 383 g/mol. The molecule has 0 aliphatic heterocycles. The summed E-state index contributed by atoms with van der Waals surface area (Å²) in [5, 5.41) is 17.5. The van der Waals surface area contributed by atoms with Gasteiger partial charge in [0.15, 0.2) is 16.3 Å². The third kappa shape index (κ3) is 3.77.